The molecular formula is C20H22. The van der Waals surface area contributed by atoms with Gasteiger partial charge in [-0.25, -0.2) is 0 Å². The molecule has 0 aromatic heterocycles. The van der Waals surface area contributed by atoms with Crippen LogP contribution in [0.5, 0.6) is 0 Å². The molecule has 4 aliphatic rings. The second-order valence-corrected chi connectivity index (χ2v) is 6.52. The van der Waals surface area contributed by atoms with E-state index in [1.54, 1.807) is 0 Å². The van der Waals surface area contributed by atoms with Crippen LogP contribution < -0.4 is 0 Å². The summed E-state index contributed by atoms with van der Waals surface area (Å²) in [7, 11) is 0. The summed E-state index contributed by atoms with van der Waals surface area (Å²) in [6.07, 6.45) is 30.7. The summed E-state index contributed by atoms with van der Waals surface area (Å²) in [6.45, 7) is 0. The Hall–Kier alpha value is -1.56. The van der Waals surface area contributed by atoms with Crippen LogP contribution in [0, 0.1) is 35.5 Å². The number of rotatable bonds is 3. The van der Waals surface area contributed by atoms with Crippen LogP contribution in [0.2, 0.25) is 0 Å². The zero-order chi connectivity index (χ0) is 13.4. The van der Waals surface area contributed by atoms with Crippen molar-refractivity contribution in [3.8, 4) is 0 Å². The lowest BCUT2D eigenvalue weighted by molar-refractivity contribution is 0.354. The summed E-state index contributed by atoms with van der Waals surface area (Å²) >= 11 is 0. The van der Waals surface area contributed by atoms with Gasteiger partial charge in [-0.05, 0) is 36.5 Å². The smallest absolute Gasteiger partial charge is 0.00184 e. The van der Waals surface area contributed by atoms with Crippen molar-refractivity contribution in [3.63, 3.8) is 0 Å². The third-order valence-electron chi connectivity index (χ3n) is 5.43. The predicted molar refractivity (Wildman–Crippen MR) is 85.0 cm³/mol. The Balaban J connectivity index is 1.37. The zero-order valence-electron chi connectivity index (χ0n) is 11.8. The molecule has 4 aliphatic carbocycles. The molecule has 0 aromatic rings. The highest BCUT2D eigenvalue weighted by atomic mass is 14.4. The number of allylic oxidation sites excluding steroid dienone is 12. The van der Waals surface area contributed by atoms with Gasteiger partial charge in [0.15, 0.2) is 0 Å². The van der Waals surface area contributed by atoms with E-state index in [0.717, 1.165) is 23.7 Å². The Morgan fingerprint density at radius 2 is 0.900 bits per heavy atom. The fourth-order valence-electron chi connectivity index (χ4n) is 4.29. The first kappa shape index (κ1) is 12.2. The topological polar surface area (TPSA) is 0 Å². The third kappa shape index (κ3) is 2.08. The summed E-state index contributed by atoms with van der Waals surface area (Å²) in [4.78, 5) is 0. The first-order valence-corrected chi connectivity index (χ1v) is 7.98. The van der Waals surface area contributed by atoms with Crippen molar-refractivity contribution in [1.82, 2.24) is 0 Å². The predicted octanol–water partition coefficient (Wildman–Crippen LogP) is 4.86. The van der Waals surface area contributed by atoms with Gasteiger partial charge >= 0.3 is 0 Å². The van der Waals surface area contributed by atoms with Gasteiger partial charge in [-0.3, -0.25) is 0 Å². The Kier molecular flexibility index (Phi) is 3.10. The first-order valence-electron chi connectivity index (χ1n) is 7.98. The summed E-state index contributed by atoms with van der Waals surface area (Å²) in [5.41, 5.74) is 0. The van der Waals surface area contributed by atoms with Gasteiger partial charge in [0.05, 0.1) is 0 Å². The van der Waals surface area contributed by atoms with E-state index in [1.807, 2.05) is 0 Å². The number of hydrogen-bond donors (Lipinski definition) is 0. The Bertz CT molecular complexity index is 490. The summed E-state index contributed by atoms with van der Waals surface area (Å²) in [5, 5.41) is 0. The van der Waals surface area contributed by atoms with Gasteiger partial charge in [-0.15, -0.1) is 0 Å². The maximum absolute atomic E-state index is 2.46. The average molecular weight is 262 g/mol. The van der Waals surface area contributed by atoms with Gasteiger partial charge in [0.1, 0.15) is 0 Å². The monoisotopic (exact) mass is 262 g/mol. The van der Waals surface area contributed by atoms with Crippen molar-refractivity contribution in [2.45, 2.75) is 12.8 Å². The van der Waals surface area contributed by atoms with Crippen LogP contribution in [-0.4, -0.2) is 0 Å². The molecule has 0 N–H and O–H groups in total. The van der Waals surface area contributed by atoms with E-state index >= 15 is 0 Å². The van der Waals surface area contributed by atoms with Gasteiger partial charge in [0.2, 0.25) is 0 Å². The molecule has 20 heavy (non-hydrogen) atoms. The van der Waals surface area contributed by atoms with Gasteiger partial charge in [-0.2, -0.15) is 0 Å². The Labute approximate surface area is 122 Å². The molecule has 102 valence electrons. The largest absolute Gasteiger partial charge is 0.0842 e. The van der Waals surface area contributed by atoms with Gasteiger partial charge < -0.3 is 0 Å². The second kappa shape index (κ2) is 5.09. The second-order valence-electron chi connectivity index (χ2n) is 6.52. The fourth-order valence-corrected chi connectivity index (χ4v) is 4.29. The van der Waals surface area contributed by atoms with Crippen LogP contribution in [-0.2, 0) is 0 Å². The van der Waals surface area contributed by atoms with Crippen molar-refractivity contribution in [2.24, 2.45) is 35.5 Å². The first-order chi connectivity index (χ1) is 9.92. The lowest BCUT2D eigenvalue weighted by atomic mass is 9.78. The minimum Gasteiger partial charge on any atom is -0.0842 e. The third-order valence-corrected chi connectivity index (χ3v) is 5.43. The summed E-state index contributed by atoms with van der Waals surface area (Å²) in [5.74, 6) is 4.27. The molecule has 0 aromatic carbocycles. The average Bonchev–Trinajstić information content (AvgIpc) is 3.09. The van der Waals surface area contributed by atoms with Crippen LogP contribution in [0.25, 0.3) is 0 Å². The molecule has 0 saturated carbocycles. The van der Waals surface area contributed by atoms with Gasteiger partial charge in [0, 0.05) is 11.8 Å². The molecule has 0 heteroatoms. The molecule has 0 fully saturated rings. The molecule has 0 heterocycles. The van der Waals surface area contributed by atoms with E-state index in [9.17, 15) is 0 Å². The van der Waals surface area contributed by atoms with Crippen LogP contribution in [0.15, 0.2) is 72.9 Å². The quantitative estimate of drug-likeness (QED) is 0.637. The molecule has 6 atom stereocenters. The highest BCUT2D eigenvalue weighted by molar-refractivity contribution is 5.27. The minimum atomic E-state index is 0.661. The lowest BCUT2D eigenvalue weighted by Crippen LogP contribution is -2.18. The SMILES string of the molecule is C1=CC2C=CC(CCC3C=CC4C=CC=CC43)C2C=C1. The standard InChI is InChI=1S/C20H22/c1-3-7-19-15(5-1)9-11-17(19)13-14-18-12-10-16-6-2-4-8-20(16)18/h1-12,15-20H,13-14H2. The van der Waals surface area contributed by atoms with Gasteiger partial charge in [0.25, 0.3) is 0 Å². The summed E-state index contributed by atoms with van der Waals surface area (Å²) in [6, 6.07) is 0. The normalized spacial score (nSPS) is 43.2. The molecule has 4 rings (SSSR count). The lowest BCUT2D eigenvalue weighted by Gasteiger charge is -2.26. The van der Waals surface area contributed by atoms with Crippen molar-refractivity contribution in [1.29, 1.82) is 0 Å². The molecule has 0 saturated heterocycles. The van der Waals surface area contributed by atoms with E-state index in [1.165, 1.54) is 12.8 Å². The van der Waals surface area contributed by atoms with E-state index in [4.69, 9.17) is 0 Å². The molecule has 0 amide bonds. The molecule has 0 bridgehead atoms. The molecule has 0 radical (unpaired) electrons. The Morgan fingerprint density at radius 1 is 0.450 bits per heavy atom. The van der Waals surface area contributed by atoms with Crippen molar-refractivity contribution < 1.29 is 0 Å². The maximum atomic E-state index is 2.46. The van der Waals surface area contributed by atoms with Gasteiger partial charge in [-0.1, -0.05) is 72.9 Å². The van der Waals surface area contributed by atoms with Crippen molar-refractivity contribution >= 4 is 0 Å². The van der Waals surface area contributed by atoms with Crippen LogP contribution in [0.3, 0.4) is 0 Å². The number of hydrogen-bond acceptors (Lipinski definition) is 0. The minimum absolute atomic E-state index is 0.661. The highest BCUT2D eigenvalue weighted by Gasteiger charge is 2.32. The maximum Gasteiger partial charge on any atom is 0.00184 e. The van der Waals surface area contributed by atoms with Crippen LogP contribution in [0.1, 0.15) is 12.8 Å². The van der Waals surface area contributed by atoms with Crippen LogP contribution in [0.4, 0.5) is 0 Å². The Morgan fingerprint density at radius 3 is 1.40 bits per heavy atom. The van der Waals surface area contributed by atoms with E-state index in [-0.39, 0.29) is 0 Å². The fraction of sp³-hybridized carbons (Fsp3) is 0.400. The summed E-state index contributed by atoms with van der Waals surface area (Å²) < 4.78 is 0. The van der Waals surface area contributed by atoms with Crippen molar-refractivity contribution in [3.05, 3.63) is 72.9 Å². The van der Waals surface area contributed by atoms with E-state index < -0.39 is 0 Å². The van der Waals surface area contributed by atoms with E-state index in [2.05, 4.69) is 72.9 Å². The molecule has 6 unspecified atom stereocenters. The molecule has 0 aliphatic heterocycles. The van der Waals surface area contributed by atoms with E-state index in [0.29, 0.717) is 11.8 Å². The molecular weight excluding hydrogens is 240 g/mol. The van der Waals surface area contributed by atoms with Crippen LogP contribution >= 0.6 is 0 Å². The molecule has 0 spiro atoms. The number of fused-ring (bicyclic) bond motifs is 2. The van der Waals surface area contributed by atoms with Crippen molar-refractivity contribution in [2.75, 3.05) is 0 Å². The zero-order valence-corrected chi connectivity index (χ0v) is 11.8. The highest BCUT2D eigenvalue weighted by Crippen LogP contribution is 2.42. The molecule has 0 nitrogen and oxygen atoms in total.